The Morgan fingerprint density at radius 3 is 2.44 bits per heavy atom. The number of aromatic nitrogens is 1. The Morgan fingerprint density at radius 2 is 1.89 bits per heavy atom. The normalized spacial score (nSPS) is 13.6. The third kappa shape index (κ3) is 3.18. The summed E-state index contributed by atoms with van der Waals surface area (Å²) in [4.78, 5) is 4.55. The predicted molar refractivity (Wildman–Crippen MR) is 75.9 cm³/mol. The molecule has 0 aliphatic heterocycles. The van der Waals surface area contributed by atoms with Gasteiger partial charge in [-0.05, 0) is 5.56 Å². The number of benzene rings is 1. The summed E-state index contributed by atoms with van der Waals surface area (Å²) in [6.07, 6.45) is 0.105. The SMILES string of the molecule is CC(C)(C)c1nc(C(O)Cc2ccccc2)cs1. The number of rotatable bonds is 3. The third-order valence-electron chi connectivity index (χ3n) is 2.78. The molecular formula is C15H19NOS. The van der Waals surface area contributed by atoms with Gasteiger partial charge in [0.15, 0.2) is 0 Å². The highest BCUT2D eigenvalue weighted by Crippen LogP contribution is 2.28. The van der Waals surface area contributed by atoms with Crippen molar-refractivity contribution in [2.75, 3.05) is 0 Å². The minimum atomic E-state index is -0.514. The lowest BCUT2D eigenvalue weighted by Gasteiger charge is -2.14. The van der Waals surface area contributed by atoms with Crippen molar-refractivity contribution < 1.29 is 5.11 Å². The van der Waals surface area contributed by atoms with Crippen molar-refractivity contribution in [3.63, 3.8) is 0 Å². The van der Waals surface area contributed by atoms with Crippen LogP contribution in [-0.4, -0.2) is 10.1 Å². The van der Waals surface area contributed by atoms with Crippen molar-refractivity contribution in [2.45, 2.75) is 38.7 Å². The summed E-state index contributed by atoms with van der Waals surface area (Å²) in [6.45, 7) is 6.41. The number of aliphatic hydroxyl groups excluding tert-OH is 1. The van der Waals surface area contributed by atoms with Crippen molar-refractivity contribution in [3.8, 4) is 0 Å². The summed E-state index contributed by atoms with van der Waals surface area (Å²) in [5.41, 5.74) is 1.97. The lowest BCUT2D eigenvalue weighted by atomic mass is 9.98. The minimum absolute atomic E-state index is 0.0510. The molecule has 0 aliphatic carbocycles. The number of hydrogen-bond acceptors (Lipinski definition) is 3. The second kappa shape index (κ2) is 5.21. The van der Waals surface area contributed by atoms with Gasteiger partial charge < -0.3 is 5.11 Å². The Morgan fingerprint density at radius 1 is 1.22 bits per heavy atom. The number of nitrogens with zero attached hydrogens (tertiary/aromatic N) is 1. The second-order valence-corrected chi connectivity index (χ2v) is 6.39. The van der Waals surface area contributed by atoms with E-state index in [1.54, 1.807) is 11.3 Å². The molecule has 1 atom stereocenters. The molecule has 0 saturated carbocycles. The van der Waals surface area contributed by atoms with Gasteiger partial charge in [0.05, 0.1) is 10.7 Å². The molecule has 1 unspecified atom stereocenters. The van der Waals surface area contributed by atoms with E-state index in [-0.39, 0.29) is 5.41 Å². The van der Waals surface area contributed by atoms with E-state index in [0.717, 1.165) is 16.3 Å². The van der Waals surface area contributed by atoms with Gasteiger partial charge in [-0.25, -0.2) is 4.98 Å². The number of thiazole rings is 1. The van der Waals surface area contributed by atoms with Gasteiger partial charge in [0, 0.05) is 17.2 Å². The van der Waals surface area contributed by atoms with Crippen LogP contribution in [0.1, 0.15) is 43.1 Å². The van der Waals surface area contributed by atoms with Crippen molar-refractivity contribution in [2.24, 2.45) is 0 Å². The molecule has 2 rings (SSSR count). The van der Waals surface area contributed by atoms with Crippen LogP contribution in [0.2, 0.25) is 0 Å². The molecule has 2 nitrogen and oxygen atoms in total. The molecule has 0 amide bonds. The van der Waals surface area contributed by atoms with Crippen LogP contribution in [0.5, 0.6) is 0 Å². The van der Waals surface area contributed by atoms with E-state index in [1.807, 2.05) is 35.7 Å². The van der Waals surface area contributed by atoms with Gasteiger partial charge in [-0.3, -0.25) is 0 Å². The van der Waals surface area contributed by atoms with Crippen LogP contribution in [0.15, 0.2) is 35.7 Å². The van der Waals surface area contributed by atoms with Crippen LogP contribution in [0, 0.1) is 0 Å². The Hall–Kier alpha value is -1.19. The largest absolute Gasteiger partial charge is 0.386 e. The first kappa shape index (κ1) is 13.2. The first-order valence-corrected chi connectivity index (χ1v) is 7.02. The van der Waals surface area contributed by atoms with Gasteiger partial charge in [-0.1, -0.05) is 51.1 Å². The molecule has 0 fully saturated rings. The minimum Gasteiger partial charge on any atom is -0.386 e. The highest BCUT2D eigenvalue weighted by molar-refractivity contribution is 7.09. The lowest BCUT2D eigenvalue weighted by molar-refractivity contribution is 0.174. The van der Waals surface area contributed by atoms with Crippen molar-refractivity contribution in [1.82, 2.24) is 4.98 Å². The van der Waals surface area contributed by atoms with E-state index in [9.17, 15) is 5.11 Å². The molecule has 1 heterocycles. The number of aliphatic hydroxyl groups is 1. The quantitative estimate of drug-likeness (QED) is 0.913. The van der Waals surface area contributed by atoms with Crippen LogP contribution in [0.3, 0.4) is 0 Å². The third-order valence-corrected chi connectivity index (χ3v) is 4.06. The van der Waals surface area contributed by atoms with E-state index in [0.29, 0.717) is 6.42 Å². The Balaban J connectivity index is 2.10. The molecule has 3 heteroatoms. The molecule has 1 N–H and O–H groups in total. The fourth-order valence-corrected chi connectivity index (χ4v) is 2.68. The smallest absolute Gasteiger partial charge is 0.101 e. The van der Waals surface area contributed by atoms with Gasteiger partial charge in [-0.2, -0.15) is 0 Å². The van der Waals surface area contributed by atoms with Crippen LogP contribution < -0.4 is 0 Å². The molecule has 1 aromatic carbocycles. The Bertz CT molecular complexity index is 499. The average molecular weight is 261 g/mol. The van der Waals surface area contributed by atoms with Gasteiger partial charge in [0.2, 0.25) is 0 Å². The predicted octanol–water partition coefficient (Wildman–Crippen LogP) is 3.72. The van der Waals surface area contributed by atoms with Crippen LogP contribution in [0.4, 0.5) is 0 Å². The van der Waals surface area contributed by atoms with E-state index in [4.69, 9.17) is 0 Å². The molecule has 0 aliphatic rings. The molecule has 18 heavy (non-hydrogen) atoms. The van der Waals surface area contributed by atoms with Gasteiger partial charge in [0.25, 0.3) is 0 Å². The van der Waals surface area contributed by atoms with Crippen molar-refractivity contribution in [1.29, 1.82) is 0 Å². The zero-order valence-corrected chi connectivity index (χ0v) is 11.9. The van der Waals surface area contributed by atoms with E-state index in [1.165, 1.54) is 0 Å². The molecule has 96 valence electrons. The fourth-order valence-electron chi connectivity index (χ4n) is 1.73. The molecular weight excluding hydrogens is 242 g/mol. The molecule has 2 aromatic rings. The van der Waals surface area contributed by atoms with Gasteiger partial charge >= 0.3 is 0 Å². The standard InChI is InChI=1S/C15H19NOS/c1-15(2,3)14-16-12(10-18-14)13(17)9-11-7-5-4-6-8-11/h4-8,10,13,17H,9H2,1-3H3. The average Bonchev–Trinajstić information content (AvgIpc) is 2.79. The fraction of sp³-hybridized carbons (Fsp3) is 0.400. The van der Waals surface area contributed by atoms with Crippen LogP contribution >= 0.6 is 11.3 Å². The first-order valence-electron chi connectivity index (χ1n) is 6.15. The molecule has 1 aromatic heterocycles. The van der Waals surface area contributed by atoms with E-state index >= 15 is 0 Å². The number of hydrogen-bond donors (Lipinski definition) is 1. The lowest BCUT2D eigenvalue weighted by Crippen LogP contribution is -2.11. The molecule has 0 saturated heterocycles. The molecule has 0 bridgehead atoms. The Kier molecular flexibility index (Phi) is 3.83. The molecule has 0 spiro atoms. The summed E-state index contributed by atoms with van der Waals surface area (Å²) in [6, 6.07) is 10.0. The maximum atomic E-state index is 10.2. The molecule has 0 radical (unpaired) electrons. The zero-order valence-electron chi connectivity index (χ0n) is 11.1. The maximum Gasteiger partial charge on any atom is 0.101 e. The van der Waals surface area contributed by atoms with Crippen LogP contribution in [0.25, 0.3) is 0 Å². The summed E-state index contributed by atoms with van der Waals surface area (Å²) in [7, 11) is 0. The first-order chi connectivity index (χ1) is 8.47. The topological polar surface area (TPSA) is 33.1 Å². The van der Waals surface area contributed by atoms with Crippen molar-refractivity contribution >= 4 is 11.3 Å². The summed E-state index contributed by atoms with van der Waals surface area (Å²) in [5, 5.41) is 13.2. The van der Waals surface area contributed by atoms with Crippen molar-refractivity contribution in [3.05, 3.63) is 52.0 Å². The monoisotopic (exact) mass is 261 g/mol. The highest BCUT2D eigenvalue weighted by atomic mass is 32.1. The van der Waals surface area contributed by atoms with Crippen LogP contribution in [-0.2, 0) is 11.8 Å². The zero-order chi connectivity index (χ0) is 13.2. The van der Waals surface area contributed by atoms with Gasteiger partial charge in [0.1, 0.15) is 6.10 Å². The second-order valence-electron chi connectivity index (χ2n) is 5.53. The van der Waals surface area contributed by atoms with Gasteiger partial charge in [-0.15, -0.1) is 11.3 Å². The van der Waals surface area contributed by atoms with E-state index in [2.05, 4.69) is 25.8 Å². The summed E-state index contributed by atoms with van der Waals surface area (Å²) < 4.78 is 0. The highest BCUT2D eigenvalue weighted by Gasteiger charge is 2.20. The summed E-state index contributed by atoms with van der Waals surface area (Å²) >= 11 is 1.62. The van der Waals surface area contributed by atoms with E-state index < -0.39 is 6.10 Å². The summed E-state index contributed by atoms with van der Waals surface area (Å²) in [5.74, 6) is 0. The Labute approximate surface area is 112 Å². The maximum absolute atomic E-state index is 10.2.